The molecular weight excluding hydrogens is 256 g/mol. The number of aryl methyl sites for hydroxylation is 1. The number of hydrogen-bond acceptors (Lipinski definition) is 4. The molecule has 0 saturated carbocycles. The van der Waals surface area contributed by atoms with E-state index in [1.165, 1.54) is 4.90 Å². The Bertz CT molecular complexity index is 410. The van der Waals surface area contributed by atoms with E-state index in [4.69, 9.17) is 0 Å². The summed E-state index contributed by atoms with van der Waals surface area (Å²) in [5, 5.41) is 16.9. The van der Waals surface area contributed by atoms with Crippen molar-refractivity contribution in [3.05, 3.63) is 12.4 Å². The second-order valence-corrected chi connectivity index (χ2v) is 5.94. The smallest absolute Gasteiger partial charge is 0.106 e. The zero-order chi connectivity index (χ0) is 14.1. The summed E-state index contributed by atoms with van der Waals surface area (Å²) in [4.78, 5) is 1.20. The van der Waals surface area contributed by atoms with Gasteiger partial charge < -0.3 is 0 Å². The Morgan fingerprint density at radius 1 is 1.53 bits per heavy atom. The Balaban J connectivity index is 2.34. The van der Waals surface area contributed by atoms with Crippen LogP contribution in [0.1, 0.15) is 39.5 Å². The maximum Gasteiger partial charge on any atom is 0.106 e. The second-order valence-electron chi connectivity index (χ2n) is 4.78. The van der Waals surface area contributed by atoms with Crippen molar-refractivity contribution in [2.45, 2.75) is 50.0 Å². The van der Waals surface area contributed by atoms with Crippen molar-refractivity contribution in [3.8, 4) is 6.07 Å². The quantitative estimate of drug-likeness (QED) is 0.558. The monoisotopic (exact) mass is 280 g/mol. The molecule has 0 amide bonds. The number of aromatic nitrogens is 2. The molecule has 0 spiro atoms. The van der Waals surface area contributed by atoms with Gasteiger partial charge in [-0.15, -0.1) is 11.8 Å². The van der Waals surface area contributed by atoms with E-state index >= 15 is 0 Å². The SMILES string of the molecule is CCCNC(C#N)(CC)CCCSc1cnn(C)c1. The van der Waals surface area contributed by atoms with Crippen LogP contribution < -0.4 is 5.32 Å². The highest BCUT2D eigenvalue weighted by Gasteiger charge is 2.26. The summed E-state index contributed by atoms with van der Waals surface area (Å²) < 4.78 is 1.82. The van der Waals surface area contributed by atoms with Crippen molar-refractivity contribution in [3.63, 3.8) is 0 Å². The molecule has 1 heterocycles. The van der Waals surface area contributed by atoms with Crippen LogP contribution in [0.4, 0.5) is 0 Å². The molecule has 1 rings (SSSR count). The maximum atomic E-state index is 9.39. The van der Waals surface area contributed by atoms with E-state index in [1.54, 1.807) is 11.8 Å². The Labute approximate surface area is 120 Å². The van der Waals surface area contributed by atoms with Crippen LogP contribution >= 0.6 is 11.8 Å². The van der Waals surface area contributed by atoms with Gasteiger partial charge in [0.25, 0.3) is 0 Å². The fraction of sp³-hybridized carbons (Fsp3) is 0.714. The van der Waals surface area contributed by atoms with E-state index in [1.807, 2.05) is 24.1 Å². The molecule has 5 heteroatoms. The number of nitriles is 1. The van der Waals surface area contributed by atoms with E-state index in [0.29, 0.717) is 0 Å². The van der Waals surface area contributed by atoms with Gasteiger partial charge in [-0.25, -0.2) is 0 Å². The summed E-state index contributed by atoms with van der Waals surface area (Å²) in [6.45, 7) is 5.13. The maximum absolute atomic E-state index is 9.39. The average molecular weight is 280 g/mol. The molecule has 0 aromatic carbocycles. The molecule has 0 aliphatic heterocycles. The minimum atomic E-state index is -0.342. The van der Waals surface area contributed by atoms with Gasteiger partial charge in [0.1, 0.15) is 5.54 Å². The molecule has 4 nitrogen and oxygen atoms in total. The zero-order valence-corrected chi connectivity index (χ0v) is 13.0. The van der Waals surface area contributed by atoms with Gasteiger partial charge in [-0.3, -0.25) is 10.00 Å². The minimum absolute atomic E-state index is 0.342. The standard InChI is InChI=1S/C14H24N4S/c1-4-8-16-14(5-2,12-15)7-6-9-19-13-10-17-18(3)11-13/h10-11,16H,4-9H2,1-3H3. The Hall–Kier alpha value is -0.990. The van der Waals surface area contributed by atoms with Crippen LogP contribution in [0.2, 0.25) is 0 Å². The molecule has 0 radical (unpaired) electrons. The number of rotatable bonds is 9. The Morgan fingerprint density at radius 3 is 2.84 bits per heavy atom. The van der Waals surface area contributed by atoms with Crippen LogP contribution in [-0.2, 0) is 7.05 Å². The van der Waals surface area contributed by atoms with Gasteiger partial charge in [0.15, 0.2) is 0 Å². The van der Waals surface area contributed by atoms with Crippen molar-refractivity contribution >= 4 is 11.8 Å². The van der Waals surface area contributed by atoms with Gasteiger partial charge >= 0.3 is 0 Å². The number of nitrogens with one attached hydrogen (secondary N) is 1. The van der Waals surface area contributed by atoms with Crippen LogP contribution in [0.15, 0.2) is 17.3 Å². The van der Waals surface area contributed by atoms with Crippen molar-refractivity contribution < 1.29 is 0 Å². The predicted octanol–water partition coefficient (Wildman–Crippen LogP) is 2.96. The van der Waals surface area contributed by atoms with Crippen LogP contribution in [-0.4, -0.2) is 27.6 Å². The highest BCUT2D eigenvalue weighted by molar-refractivity contribution is 7.99. The van der Waals surface area contributed by atoms with Gasteiger partial charge in [-0.2, -0.15) is 10.4 Å². The topological polar surface area (TPSA) is 53.6 Å². The fourth-order valence-electron chi connectivity index (χ4n) is 1.97. The first kappa shape index (κ1) is 16.1. The fourth-order valence-corrected chi connectivity index (χ4v) is 2.84. The molecule has 0 aliphatic rings. The molecule has 0 saturated heterocycles. The molecule has 0 bridgehead atoms. The molecule has 1 aromatic rings. The van der Waals surface area contributed by atoms with E-state index < -0.39 is 0 Å². The average Bonchev–Trinajstić information content (AvgIpc) is 2.84. The zero-order valence-electron chi connectivity index (χ0n) is 12.1. The third kappa shape index (κ3) is 5.25. The van der Waals surface area contributed by atoms with Crippen molar-refractivity contribution in [2.24, 2.45) is 7.05 Å². The van der Waals surface area contributed by atoms with Crippen molar-refractivity contribution in [2.75, 3.05) is 12.3 Å². The summed E-state index contributed by atoms with van der Waals surface area (Å²) in [5.74, 6) is 1.03. The minimum Gasteiger partial charge on any atom is -0.299 e. The summed E-state index contributed by atoms with van der Waals surface area (Å²) in [6.07, 6.45) is 7.79. The van der Waals surface area contributed by atoms with Gasteiger partial charge in [-0.05, 0) is 38.0 Å². The molecule has 0 aliphatic carbocycles. The predicted molar refractivity (Wildman–Crippen MR) is 80.1 cm³/mol. The van der Waals surface area contributed by atoms with Gasteiger partial charge in [0.2, 0.25) is 0 Å². The first-order chi connectivity index (χ1) is 9.15. The van der Waals surface area contributed by atoms with Crippen molar-refractivity contribution in [1.29, 1.82) is 5.26 Å². The number of nitrogens with zero attached hydrogens (tertiary/aromatic N) is 3. The lowest BCUT2D eigenvalue weighted by atomic mass is 9.92. The third-order valence-corrected chi connectivity index (χ3v) is 4.27. The van der Waals surface area contributed by atoms with Crippen LogP contribution in [0.25, 0.3) is 0 Å². The van der Waals surface area contributed by atoms with E-state index in [0.717, 1.165) is 38.0 Å². The first-order valence-corrected chi connectivity index (χ1v) is 7.92. The van der Waals surface area contributed by atoms with Crippen LogP contribution in [0, 0.1) is 11.3 Å². The third-order valence-electron chi connectivity index (χ3n) is 3.23. The second kappa shape index (κ2) is 8.23. The number of thioether (sulfide) groups is 1. The summed E-state index contributed by atoms with van der Waals surface area (Å²) in [7, 11) is 1.93. The molecule has 106 valence electrons. The lowest BCUT2D eigenvalue weighted by Crippen LogP contribution is -2.43. The van der Waals surface area contributed by atoms with E-state index in [9.17, 15) is 5.26 Å². The molecule has 19 heavy (non-hydrogen) atoms. The molecule has 0 fully saturated rings. The highest BCUT2D eigenvalue weighted by atomic mass is 32.2. The largest absolute Gasteiger partial charge is 0.299 e. The molecular formula is C14H24N4S. The lowest BCUT2D eigenvalue weighted by molar-refractivity contribution is 0.371. The van der Waals surface area contributed by atoms with Gasteiger partial charge in [-0.1, -0.05) is 13.8 Å². The summed E-state index contributed by atoms with van der Waals surface area (Å²) in [6, 6.07) is 2.47. The molecule has 1 atom stereocenters. The Kier molecular flexibility index (Phi) is 6.96. The van der Waals surface area contributed by atoms with E-state index in [-0.39, 0.29) is 5.54 Å². The van der Waals surface area contributed by atoms with Gasteiger partial charge in [0, 0.05) is 18.1 Å². The van der Waals surface area contributed by atoms with Gasteiger partial charge in [0.05, 0.1) is 12.3 Å². The molecule has 1 unspecified atom stereocenters. The number of hydrogen-bond donors (Lipinski definition) is 1. The molecule has 1 aromatic heterocycles. The first-order valence-electron chi connectivity index (χ1n) is 6.93. The lowest BCUT2D eigenvalue weighted by Gasteiger charge is -2.26. The van der Waals surface area contributed by atoms with Crippen LogP contribution in [0.5, 0.6) is 0 Å². The Morgan fingerprint density at radius 2 is 2.32 bits per heavy atom. The highest BCUT2D eigenvalue weighted by Crippen LogP contribution is 2.22. The van der Waals surface area contributed by atoms with Crippen LogP contribution in [0.3, 0.4) is 0 Å². The summed E-state index contributed by atoms with van der Waals surface area (Å²) >= 11 is 1.81. The normalized spacial score (nSPS) is 14.0. The van der Waals surface area contributed by atoms with E-state index in [2.05, 4.69) is 30.3 Å². The van der Waals surface area contributed by atoms with Crippen molar-refractivity contribution in [1.82, 2.24) is 15.1 Å². The summed E-state index contributed by atoms with van der Waals surface area (Å²) in [5.41, 5.74) is -0.342. The molecule has 1 N–H and O–H groups in total.